The summed E-state index contributed by atoms with van der Waals surface area (Å²) in [5, 5.41) is 1.13. The molecule has 43 heavy (non-hydrogen) atoms. The molecule has 0 spiro atoms. The molecule has 0 radical (unpaired) electrons. The number of halogens is 2. The van der Waals surface area contributed by atoms with Crippen LogP contribution in [-0.4, -0.2) is 21.0 Å². The van der Waals surface area contributed by atoms with Crippen molar-refractivity contribution in [2.45, 2.75) is 12.7 Å². The Bertz CT molecular complexity index is 2000. The third-order valence-electron chi connectivity index (χ3n) is 7.61. The Balaban J connectivity index is 1.68. The van der Waals surface area contributed by atoms with Crippen LogP contribution in [0.4, 0.5) is 0 Å². The van der Waals surface area contributed by atoms with Crippen LogP contribution < -0.4 is 0 Å². The van der Waals surface area contributed by atoms with Crippen LogP contribution in [0.2, 0.25) is 10.0 Å². The van der Waals surface area contributed by atoms with E-state index in [0.29, 0.717) is 15.9 Å². The monoisotopic (exact) mass is 596 g/mol. The van der Waals surface area contributed by atoms with Crippen molar-refractivity contribution in [2.75, 3.05) is 0 Å². The van der Waals surface area contributed by atoms with Crippen LogP contribution in [0.1, 0.15) is 18.1 Å². The highest BCUT2D eigenvalue weighted by atomic mass is 35.5. The summed E-state index contributed by atoms with van der Waals surface area (Å²) >= 11 is 14.0. The van der Waals surface area contributed by atoms with Gasteiger partial charge in [0.05, 0.1) is 32.9 Å². The summed E-state index contributed by atoms with van der Waals surface area (Å²) in [7, 11) is 0. The lowest BCUT2D eigenvalue weighted by Crippen LogP contribution is -2.31. The van der Waals surface area contributed by atoms with E-state index >= 15 is 0 Å². The van der Waals surface area contributed by atoms with Crippen molar-refractivity contribution in [3.05, 3.63) is 161 Å². The van der Waals surface area contributed by atoms with E-state index in [1.165, 1.54) is 0 Å². The Morgan fingerprint density at radius 3 is 1.72 bits per heavy atom. The predicted octanol–water partition coefficient (Wildman–Crippen LogP) is 9.81. The minimum atomic E-state index is -1.31. The van der Waals surface area contributed by atoms with Gasteiger partial charge in [0.1, 0.15) is 5.82 Å². The van der Waals surface area contributed by atoms with E-state index < -0.39 is 5.79 Å². The summed E-state index contributed by atoms with van der Waals surface area (Å²) in [5.74, 6) is -0.675. The van der Waals surface area contributed by atoms with Crippen LogP contribution in [-0.2, 0) is 5.79 Å². The van der Waals surface area contributed by atoms with E-state index in [9.17, 15) is 0 Å². The van der Waals surface area contributed by atoms with Gasteiger partial charge in [-0.3, -0.25) is 4.57 Å². The molecule has 1 atom stereocenters. The van der Waals surface area contributed by atoms with Gasteiger partial charge in [0.25, 0.3) is 5.79 Å². The van der Waals surface area contributed by atoms with Gasteiger partial charge in [-0.15, -0.1) is 0 Å². The summed E-state index contributed by atoms with van der Waals surface area (Å²) in [6, 6.07) is 46.1. The second-order valence-electron chi connectivity index (χ2n) is 10.3. The maximum absolute atomic E-state index is 7.04. The second-order valence-corrected chi connectivity index (χ2v) is 11.1. The first kappa shape index (κ1) is 27.1. The van der Waals surface area contributed by atoms with Gasteiger partial charge in [-0.25, -0.2) is 15.0 Å². The van der Waals surface area contributed by atoms with Gasteiger partial charge in [0, 0.05) is 27.8 Å². The van der Waals surface area contributed by atoms with Gasteiger partial charge in [-0.1, -0.05) is 145 Å². The molecule has 208 valence electrons. The summed E-state index contributed by atoms with van der Waals surface area (Å²) in [5.41, 5.74) is 7.66. The van der Waals surface area contributed by atoms with E-state index in [2.05, 4.69) is 41.0 Å². The lowest BCUT2D eigenvalue weighted by molar-refractivity contribution is 0.409. The van der Waals surface area contributed by atoms with Crippen LogP contribution >= 0.6 is 23.2 Å². The second kappa shape index (κ2) is 11.1. The van der Waals surface area contributed by atoms with Gasteiger partial charge < -0.3 is 0 Å². The van der Waals surface area contributed by atoms with E-state index in [0.717, 1.165) is 50.6 Å². The highest BCUT2D eigenvalue weighted by Gasteiger charge is 2.45. The molecule has 0 N–H and O–H groups in total. The zero-order chi connectivity index (χ0) is 29.4. The average molecular weight is 598 g/mol. The maximum Gasteiger partial charge on any atom is 0.262 e. The van der Waals surface area contributed by atoms with Crippen molar-refractivity contribution in [1.82, 2.24) is 9.55 Å². The van der Waals surface area contributed by atoms with Crippen LogP contribution in [0.25, 0.3) is 33.9 Å². The van der Waals surface area contributed by atoms with Crippen molar-refractivity contribution >= 4 is 34.6 Å². The van der Waals surface area contributed by atoms with Gasteiger partial charge in [-0.05, 0) is 25.1 Å². The zero-order valence-electron chi connectivity index (χ0n) is 23.3. The number of rotatable bonds is 6. The predicted molar refractivity (Wildman–Crippen MR) is 178 cm³/mol. The molecule has 0 bridgehead atoms. The van der Waals surface area contributed by atoms with E-state index in [1.807, 2.05) is 110 Å². The van der Waals surface area contributed by atoms with Crippen molar-refractivity contribution in [3.63, 3.8) is 0 Å². The van der Waals surface area contributed by atoms with Crippen molar-refractivity contribution < 1.29 is 0 Å². The molecule has 1 unspecified atom stereocenters. The molecule has 0 saturated carbocycles. The number of hydrogen-bond donors (Lipinski definition) is 0. The lowest BCUT2D eigenvalue weighted by Gasteiger charge is -2.30. The van der Waals surface area contributed by atoms with E-state index in [1.54, 1.807) is 0 Å². The third-order valence-corrected chi connectivity index (χ3v) is 8.27. The minimum Gasteiger partial charge on any atom is -0.275 e. The Kier molecular flexibility index (Phi) is 7.02. The molecule has 5 aromatic carbocycles. The molecule has 0 aliphatic carbocycles. The Morgan fingerprint density at radius 2 is 1.09 bits per heavy atom. The largest absolute Gasteiger partial charge is 0.275 e. The normalized spacial score (nSPS) is 16.2. The summed E-state index contributed by atoms with van der Waals surface area (Å²) < 4.78 is 2.12. The van der Waals surface area contributed by atoms with Crippen molar-refractivity contribution in [2.24, 2.45) is 9.98 Å². The Labute approximate surface area is 260 Å². The average Bonchev–Trinajstić information content (AvgIpc) is 3.62. The molecule has 0 saturated heterocycles. The van der Waals surface area contributed by atoms with Crippen LogP contribution in [0, 0.1) is 0 Å². The SMILES string of the molecule is CC1=NC(c2ccccc2Cl)(n2c(-c3ccccc3Cl)nc(-c3ccccc3)c2-c2ccccc2)N=C1c1ccccc1. The van der Waals surface area contributed by atoms with Gasteiger partial charge in [0.15, 0.2) is 0 Å². The molecular weight excluding hydrogens is 571 g/mol. The number of hydrogen-bond acceptors (Lipinski definition) is 3. The molecule has 7 rings (SSSR count). The standard InChI is InChI=1S/C37H26Cl2N4/c1-25-33(26-15-5-2-6-16-26)42-37(41-25,30-22-12-14-24-32(30)39)43-35(28-19-9-4-10-20-28)34(27-17-7-3-8-18-27)40-36(43)29-21-11-13-23-31(29)38/h2-24H,1H3. The Hall–Kier alpha value is -4.77. The van der Waals surface area contributed by atoms with E-state index in [4.69, 9.17) is 38.2 Å². The van der Waals surface area contributed by atoms with Gasteiger partial charge >= 0.3 is 0 Å². The number of imidazole rings is 1. The molecule has 1 aliphatic heterocycles. The summed E-state index contributed by atoms with van der Waals surface area (Å²) in [4.78, 5) is 16.2. The fourth-order valence-corrected chi connectivity index (χ4v) is 6.18. The summed E-state index contributed by atoms with van der Waals surface area (Å²) in [6.45, 7) is 2.00. The molecule has 4 nitrogen and oxygen atoms in total. The van der Waals surface area contributed by atoms with Crippen LogP contribution in [0.5, 0.6) is 0 Å². The third kappa shape index (κ3) is 4.69. The smallest absolute Gasteiger partial charge is 0.262 e. The molecule has 0 fully saturated rings. The van der Waals surface area contributed by atoms with E-state index in [-0.39, 0.29) is 0 Å². The van der Waals surface area contributed by atoms with Gasteiger partial charge in [-0.2, -0.15) is 0 Å². The topological polar surface area (TPSA) is 42.5 Å². The summed E-state index contributed by atoms with van der Waals surface area (Å²) in [6.07, 6.45) is 0. The van der Waals surface area contributed by atoms with Crippen molar-refractivity contribution in [1.29, 1.82) is 0 Å². The quantitative estimate of drug-likeness (QED) is 0.188. The fraction of sp³-hybridized carbons (Fsp3) is 0.0541. The first-order chi connectivity index (χ1) is 21.1. The number of benzene rings is 5. The molecule has 0 amide bonds. The molecular formula is C37H26Cl2N4. The zero-order valence-corrected chi connectivity index (χ0v) is 24.8. The first-order valence-electron chi connectivity index (χ1n) is 14.0. The number of aromatic nitrogens is 2. The van der Waals surface area contributed by atoms with Crippen LogP contribution in [0.3, 0.4) is 0 Å². The Morgan fingerprint density at radius 1 is 0.558 bits per heavy atom. The van der Waals surface area contributed by atoms with Gasteiger partial charge in [0.2, 0.25) is 0 Å². The first-order valence-corrected chi connectivity index (χ1v) is 14.8. The number of nitrogens with zero attached hydrogens (tertiary/aromatic N) is 4. The highest BCUT2D eigenvalue weighted by molar-refractivity contribution is 6.48. The minimum absolute atomic E-state index is 0.552. The molecule has 2 heterocycles. The molecule has 1 aliphatic rings. The lowest BCUT2D eigenvalue weighted by atomic mass is 10.0. The highest BCUT2D eigenvalue weighted by Crippen LogP contribution is 2.48. The van der Waals surface area contributed by atoms with Crippen molar-refractivity contribution in [3.8, 4) is 33.9 Å². The molecule has 1 aromatic heterocycles. The fourth-order valence-electron chi connectivity index (χ4n) is 5.70. The maximum atomic E-state index is 7.04. The molecule has 6 aromatic rings. The van der Waals surface area contributed by atoms with Crippen LogP contribution in [0.15, 0.2) is 150 Å². The number of aliphatic imine (C=N–C) groups is 2. The molecule has 6 heteroatoms.